The second-order valence-corrected chi connectivity index (χ2v) is 8.86. The van der Waals surface area contributed by atoms with Crippen LogP contribution in [0, 0.1) is 5.82 Å². The van der Waals surface area contributed by atoms with Gasteiger partial charge in [0.1, 0.15) is 5.82 Å². The van der Waals surface area contributed by atoms with E-state index in [0.29, 0.717) is 11.4 Å². The molecule has 0 saturated heterocycles. The molecule has 0 spiro atoms. The molecule has 0 aliphatic rings. The molecular weight excluding hydrogens is 485 g/mol. The first-order valence-electron chi connectivity index (χ1n) is 10.9. The summed E-state index contributed by atoms with van der Waals surface area (Å²) in [6, 6.07) is 14.8. The molecule has 1 heterocycles. The van der Waals surface area contributed by atoms with Gasteiger partial charge in [0.05, 0.1) is 29.3 Å². The Morgan fingerprint density at radius 3 is 2.36 bits per heavy atom. The van der Waals surface area contributed by atoms with Gasteiger partial charge in [0, 0.05) is 30.9 Å². The van der Waals surface area contributed by atoms with Crippen LogP contribution in [0.4, 0.5) is 10.1 Å². The lowest BCUT2D eigenvalue weighted by molar-refractivity contribution is -0.139. The number of carbonyl (C=O) groups is 4. The second kappa shape index (κ2) is 12.6. The normalized spacial score (nSPS) is 11.4. The second-order valence-electron chi connectivity index (χ2n) is 7.87. The number of nitrogens with one attached hydrogen (secondary N) is 1. The molecule has 2 amide bonds. The Morgan fingerprint density at radius 2 is 1.69 bits per heavy atom. The summed E-state index contributed by atoms with van der Waals surface area (Å²) < 4.78 is 13.0. The number of thioether (sulfide) groups is 1. The Morgan fingerprint density at radius 1 is 1.03 bits per heavy atom. The summed E-state index contributed by atoms with van der Waals surface area (Å²) in [4.78, 5) is 55.0. The van der Waals surface area contributed by atoms with Gasteiger partial charge in [-0.15, -0.1) is 11.8 Å². The van der Waals surface area contributed by atoms with Gasteiger partial charge in [0.2, 0.25) is 0 Å². The number of Topliss-reactive ketones (excluding diaryl/α,β-unsaturated/α-hetero) is 1. The van der Waals surface area contributed by atoms with Gasteiger partial charge in [-0.05, 0) is 35.9 Å². The molecule has 3 aromatic rings. The van der Waals surface area contributed by atoms with Crippen LogP contribution in [0.25, 0.3) is 0 Å². The maximum atomic E-state index is 13.0. The number of aromatic nitrogens is 1. The van der Waals surface area contributed by atoms with Crippen molar-refractivity contribution in [3.05, 3.63) is 95.6 Å². The van der Waals surface area contributed by atoms with Crippen LogP contribution < -0.4 is 10.2 Å². The number of para-hydroxylation sites is 1. The zero-order valence-corrected chi connectivity index (χ0v) is 20.2. The highest BCUT2D eigenvalue weighted by atomic mass is 32.2. The highest BCUT2D eigenvalue weighted by Crippen LogP contribution is 2.16. The summed E-state index contributed by atoms with van der Waals surface area (Å²) in [6.07, 6.45) is 1.97. The molecule has 0 aliphatic heterocycles. The van der Waals surface area contributed by atoms with E-state index in [9.17, 15) is 28.7 Å². The molecule has 2 N–H and O–H groups in total. The average Bonchev–Trinajstić information content (AvgIpc) is 2.88. The molecule has 3 rings (SSSR count). The molecule has 0 saturated carbocycles. The first-order valence-corrected chi connectivity index (χ1v) is 12.1. The maximum absolute atomic E-state index is 13.0. The van der Waals surface area contributed by atoms with E-state index in [2.05, 4.69) is 10.3 Å². The zero-order chi connectivity index (χ0) is 26.1. The van der Waals surface area contributed by atoms with Crippen LogP contribution >= 0.6 is 11.8 Å². The van der Waals surface area contributed by atoms with Crippen LogP contribution in [0.5, 0.6) is 0 Å². The minimum Gasteiger partial charge on any atom is -0.481 e. The van der Waals surface area contributed by atoms with Gasteiger partial charge in [-0.2, -0.15) is 0 Å². The number of aliphatic carboxylic acids is 1. The predicted octanol–water partition coefficient (Wildman–Crippen LogP) is 3.57. The van der Waals surface area contributed by atoms with Crippen LogP contribution in [-0.2, 0) is 15.3 Å². The molecule has 186 valence electrons. The number of anilines is 1. The van der Waals surface area contributed by atoms with Crippen LogP contribution in [-0.4, -0.2) is 52.5 Å². The highest BCUT2D eigenvalue weighted by Gasteiger charge is 2.25. The monoisotopic (exact) mass is 509 g/mol. The van der Waals surface area contributed by atoms with Crippen LogP contribution in [0.2, 0.25) is 0 Å². The van der Waals surface area contributed by atoms with Crippen molar-refractivity contribution in [3.63, 3.8) is 0 Å². The first kappa shape index (κ1) is 26.6. The lowest BCUT2D eigenvalue weighted by Gasteiger charge is -2.18. The molecule has 2 aromatic carbocycles. The van der Waals surface area contributed by atoms with Crippen molar-refractivity contribution in [2.24, 2.45) is 0 Å². The van der Waals surface area contributed by atoms with Crippen molar-refractivity contribution in [3.8, 4) is 0 Å². The standard InChI is InChI=1S/C26H24FN3O5S/c1-30(21-5-3-2-4-6-21)26(35)19-11-18(13-28-14-19)25(34)29-22(12-24(32)33)23(31)16-36-15-17-7-9-20(27)10-8-17/h2-11,13-14,22H,12,15-16H2,1H3,(H,29,34)(H,32,33)/t22-/m0/s1. The Hall–Kier alpha value is -4.05. The SMILES string of the molecule is CN(C(=O)c1cncc(C(=O)N[C@@H](CC(=O)O)C(=O)CSCc2ccc(F)cc2)c1)c1ccccc1. The van der Waals surface area contributed by atoms with Crippen molar-refractivity contribution in [1.82, 2.24) is 10.3 Å². The molecular formula is C26H24FN3O5S. The number of hydrogen-bond donors (Lipinski definition) is 2. The number of carboxylic acid groups (broad SMARTS) is 1. The van der Waals surface area contributed by atoms with Crippen molar-refractivity contribution < 1.29 is 28.7 Å². The van der Waals surface area contributed by atoms with E-state index in [-0.39, 0.29) is 22.7 Å². The lowest BCUT2D eigenvalue weighted by Crippen LogP contribution is -2.43. The number of carbonyl (C=O) groups excluding carboxylic acids is 3. The number of benzene rings is 2. The Balaban J connectivity index is 1.65. The fourth-order valence-electron chi connectivity index (χ4n) is 3.26. The van der Waals surface area contributed by atoms with E-state index in [1.807, 2.05) is 6.07 Å². The van der Waals surface area contributed by atoms with Gasteiger partial charge in [-0.1, -0.05) is 30.3 Å². The minimum atomic E-state index is -1.26. The van der Waals surface area contributed by atoms with Crippen LogP contribution in [0.3, 0.4) is 0 Å². The Labute approximate surface area is 211 Å². The molecule has 1 atom stereocenters. The third kappa shape index (κ3) is 7.47. The molecule has 0 bridgehead atoms. The summed E-state index contributed by atoms with van der Waals surface area (Å²) >= 11 is 1.23. The minimum absolute atomic E-state index is 0.0180. The lowest BCUT2D eigenvalue weighted by atomic mass is 10.1. The number of amides is 2. The van der Waals surface area contributed by atoms with E-state index in [1.54, 1.807) is 43.4 Å². The highest BCUT2D eigenvalue weighted by molar-refractivity contribution is 7.99. The summed E-state index contributed by atoms with van der Waals surface area (Å²) in [5.41, 5.74) is 1.64. The van der Waals surface area contributed by atoms with Gasteiger partial charge >= 0.3 is 5.97 Å². The Kier molecular flexibility index (Phi) is 9.29. The van der Waals surface area contributed by atoms with Crippen LogP contribution in [0.1, 0.15) is 32.7 Å². The molecule has 8 nitrogen and oxygen atoms in total. The van der Waals surface area contributed by atoms with E-state index >= 15 is 0 Å². The molecule has 0 fully saturated rings. The fourth-order valence-corrected chi connectivity index (χ4v) is 4.19. The van der Waals surface area contributed by atoms with Crippen molar-refractivity contribution in [2.75, 3.05) is 17.7 Å². The number of hydrogen-bond acceptors (Lipinski definition) is 6. The van der Waals surface area contributed by atoms with Gasteiger partial charge in [-0.25, -0.2) is 4.39 Å². The van der Waals surface area contributed by atoms with Gasteiger partial charge in [0.25, 0.3) is 11.8 Å². The van der Waals surface area contributed by atoms with Crippen LogP contribution in [0.15, 0.2) is 73.1 Å². The quantitative estimate of drug-likeness (QED) is 0.406. The van der Waals surface area contributed by atoms with E-state index in [4.69, 9.17) is 0 Å². The van der Waals surface area contributed by atoms with Gasteiger partial charge in [-0.3, -0.25) is 24.2 Å². The predicted molar refractivity (Wildman–Crippen MR) is 134 cm³/mol. The molecule has 36 heavy (non-hydrogen) atoms. The number of rotatable bonds is 11. The Bertz CT molecular complexity index is 1240. The van der Waals surface area contributed by atoms with Crippen molar-refractivity contribution >= 4 is 41.0 Å². The summed E-state index contributed by atoms with van der Waals surface area (Å²) in [5, 5.41) is 11.7. The molecule has 1 aromatic heterocycles. The topological polar surface area (TPSA) is 117 Å². The first-order chi connectivity index (χ1) is 17.2. The molecule has 0 unspecified atom stereocenters. The van der Waals surface area contributed by atoms with E-state index in [1.165, 1.54) is 47.3 Å². The maximum Gasteiger partial charge on any atom is 0.305 e. The van der Waals surface area contributed by atoms with Crippen molar-refractivity contribution in [1.29, 1.82) is 0 Å². The summed E-state index contributed by atoms with van der Waals surface area (Å²) in [6.45, 7) is 0. The van der Waals surface area contributed by atoms with Gasteiger partial charge in [0.15, 0.2) is 5.78 Å². The smallest absolute Gasteiger partial charge is 0.305 e. The third-order valence-electron chi connectivity index (χ3n) is 5.19. The van der Waals surface area contributed by atoms with Crippen molar-refractivity contribution in [2.45, 2.75) is 18.2 Å². The molecule has 10 heteroatoms. The number of halogens is 1. The van der Waals surface area contributed by atoms with Gasteiger partial charge < -0.3 is 15.3 Å². The average molecular weight is 510 g/mol. The number of ketones is 1. The number of nitrogens with zero attached hydrogens (tertiary/aromatic N) is 2. The third-order valence-corrected chi connectivity index (χ3v) is 6.22. The largest absolute Gasteiger partial charge is 0.481 e. The summed E-state index contributed by atoms with van der Waals surface area (Å²) in [5.74, 6) is -2.82. The number of carboxylic acids is 1. The number of pyridine rings is 1. The van der Waals surface area contributed by atoms with E-state index < -0.39 is 36.0 Å². The summed E-state index contributed by atoms with van der Waals surface area (Å²) in [7, 11) is 1.59. The zero-order valence-electron chi connectivity index (χ0n) is 19.4. The molecule has 0 aliphatic carbocycles. The fraction of sp³-hybridized carbons (Fsp3) is 0.192. The molecule has 0 radical (unpaired) electrons. The van der Waals surface area contributed by atoms with E-state index in [0.717, 1.165) is 5.56 Å².